The minimum Gasteiger partial charge on any atom is -0.378 e. The number of hydrogen-bond acceptors (Lipinski definition) is 7. The molecule has 1 N–H and O–H groups in total. The van der Waals surface area contributed by atoms with E-state index in [9.17, 15) is 9.59 Å². The molecule has 118 valence electrons. The molecule has 0 radical (unpaired) electrons. The van der Waals surface area contributed by atoms with E-state index in [2.05, 4.69) is 0 Å². The summed E-state index contributed by atoms with van der Waals surface area (Å²) in [4.78, 5) is 33.3. The Bertz CT molecular complexity index is 396. The molecule has 0 aromatic heterocycles. The molecular weight excluding hydrogens is 278 g/mol. The van der Waals surface area contributed by atoms with Gasteiger partial charge >= 0.3 is 11.9 Å². The van der Waals surface area contributed by atoms with E-state index >= 15 is 0 Å². The molecule has 7 heteroatoms. The first-order valence-electron chi connectivity index (χ1n) is 7.57. The van der Waals surface area contributed by atoms with E-state index in [4.69, 9.17) is 19.1 Å². The fraction of sp³-hybridized carbons (Fsp3) is 0.857. The topological polar surface area (TPSA) is 86.4 Å². The molecule has 5 atom stereocenters. The fourth-order valence-electron chi connectivity index (χ4n) is 3.10. The van der Waals surface area contributed by atoms with Gasteiger partial charge in [-0.3, -0.25) is 0 Å². The van der Waals surface area contributed by atoms with Gasteiger partial charge < -0.3 is 19.1 Å². The summed E-state index contributed by atoms with van der Waals surface area (Å²) in [6.45, 7) is 2.47. The number of fused-ring (bicyclic) bond motifs is 1. The number of ether oxygens (including phenoxy) is 2. The first-order chi connectivity index (χ1) is 10.1. The lowest BCUT2D eigenvalue weighted by Gasteiger charge is -2.25. The first-order valence-corrected chi connectivity index (χ1v) is 7.57. The van der Waals surface area contributed by atoms with Crippen LogP contribution in [0.15, 0.2) is 0 Å². The van der Waals surface area contributed by atoms with Gasteiger partial charge in [-0.05, 0) is 39.0 Å². The van der Waals surface area contributed by atoms with E-state index in [0.717, 1.165) is 12.8 Å². The first kappa shape index (κ1) is 14.7. The molecule has 2 saturated heterocycles. The van der Waals surface area contributed by atoms with Crippen LogP contribution >= 0.6 is 0 Å². The third-order valence-electron chi connectivity index (χ3n) is 4.44. The molecule has 3 aliphatic rings. The summed E-state index contributed by atoms with van der Waals surface area (Å²) in [7, 11) is 0. The zero-order chi connectivity index (χ0) is 14.8. The Hall–Kier alpha value is -1.18. The van der Waals surface area contributed by atoms with Gasteiger partial charge in [-0.25, -0.2) is 9.59 Å². The molecule has 0 aromatic rings. The number of rotatable bonds is 4. The summed E-state index contributed by atoms with van der Waals surface area (Å²) in [6, 6.07) is 0. The zero-order valence-electron chi connectivity index (χ0n) is 12.1. The SMILES string of the molecule is CC1CC(C(=O)ONOC(=O)C2CCC3OC3C2)CCO1. The van der Waals surface area contributed by atoms with E-state index < -0.39 is 11.9 Å². The van der Waals surface area contributed by atoms with E-state index in [1.54, 1.807) is 0 Å². The second kappa shape index (κ2) is 6.29. The largest absolute Gasteiger partial charge is 0.378 e. The highest BCUT2D eigenvalue weighted by Gasteiger charge is 2.46. The van der Waals surface area contributed by atoms with Crippen molar-refractivity contribution in [3.05, 3.63) is 0 Å². The van der Waals surface area contributed by atoms with Crippen LogP contribution in [0.2, 0.25) is 0 Å². The second-order valence-electron chi connectivity index (χ2n) is 6.05. The number of carbonyl (C=O) groups is 2. The lowest BCUT2D eigenvalue weighted by atomic mass is 9.89. The Morgan fingerprint density at radius 2 is 1.71 bits per heavy atom. The van der Waals surface area contributed by atoms with Crippen molar-refractivity contribution in [3.63, 3.8) is 0 Å². The quantitative estimate of drug-likeness (QED) is 0.609. The van der Waals surface area contributed by atoms with Gasteiger partial charge in [0.2, 0.25) is 0 Å². The van der Waals surface area contributed by atoms with Gasteiger partial charge in [0.1, 0.15) is 0 Å². The van der Waals surface area contributed by atoms with Crippen LogP contribution in [-0.2, 0) is 28.7 Å². The number of hydrogen-bond donors (Lipinski definition) is 1. The Kier molecular flexibility index (Phi) is 4.42. The normalized spacial score (nSPS) is 38.2. The lowest BCUT2D eigenvalue weighted by Crippen LogP contribution is -2.35. The maximum atomic E-state index is 11.8. The van der Waals surface area contributed by atoms with Crippen molar-refractivity contribution in [2.45, 2.75) is 57.3 Å². The number of carbonyl (C=O) groups excluding carboxylic acids is 2. The second-order valence-corrected chi connectivity index (χ2v) is 6.05. The van der Waals surface area contributed by atoms with Crippen molar-refractivity contribution in [1.82, 2.24) is 5.64 Å². The third-order valence-corrected chi connectivity index (χ3v) is 4.44. The number of epoxide rings is 1. The van der Waals surface area contributed by atoms with Crippen molar-refractivity contribution < 1.29 is 28.7 Å². The van der Waals surface area contributed by atoms with Gasteiger partial charge in [-0.2, -0.15) is 0 Å². The molecule has 21 heavy (non-hydrogen) atoms. The summed E-state index contributed by atoms with van der Waals surface area (Å²) in [5, 5.41) is 0. The predicted octanol–water partition coefficient (Wildman–Crippen LogP) is 0.875. The molecule has 0 spiro atoms. The van der Waals surface area contributed by atoms with E-state index in [0.29, 0.717) is 32.0 Å². The summed E-state index contributed by atoms with van der Waals surface area (Å²) >= 11 is 0. The van der Waals surface area contributed by atoms with Crippen LogP contribution in [-0.4, -0.2) is 36.9 Å². The van der Waals surface area contributed by atoms with Gasteiger partial charge in [0.15, 0.2) is 0 Å². The Morgan fingerprint density at radius 1 is 1.00 bits per heavy atom. The van der Waals surface area contributed by atoms with Crippen LogP contribution in [0, 0.1) is 11.8 Å². The van der Waals surface area contributed by atoms with Crippen LogP contribution < -0.4 is 5.64 Å². The van der Waals surface area contributed by atoms with Crippen LogP contribution in [0.3, 0.4) is 0 Å². The maximum Gasteiger partial charge on any atom is 0.332 e. The molecule has 1 aliphatic carbocycles. The van der Waals surface area contributed by atoms with Crippen molar-refractivity contribution in [2.75, 3.05) is 6.61 Å². The van der Waals surface area contributed by atoms with Crippen molar-refractivity contribution in [1.29, 1.82) is 0 Å². The molecule has 3 rings (SSSR count). The van der Waals surface area contributed by atoms with E-state index in [1.807, 2.05) is 12.6 Å². The highest BCUT2D eigenvalue weighted by atomic mass is 16.9. The Morgan fingerprint density at radius 3 is 2.38 bits per heavy atom. The molecule has 0 bridgehead atoms. The van der Waals surface area contributed by atoms with E-state index in [-0.39, 0.29) is 24.0 Å². The minimum absolute atomic E-state index is 0.0487. The average molecular weight is 299 g/mol. The molecule has 2 heterocycles. The van der Waals surface area contributed by atoms with Gasteiger partial charge in [0, 0.05) is 12.3 Å². The van der Waals surface area contributed by atoms with E-state index in [1.165, 1.54) is 0 Å². The van der Waals surface area contributed by atoms with Crippen LogP contribution in [0.4, 0.5) is 0 Å². The molecule has 3 fully saturated rings. The summed E-state index contributed by atoms with van der Waals surface area (Å²) in [5.74, 6) is -1.19. The van der Waals surface area contributed by atoms with Gasteiger partial charge in [-0.1, -0.05) is 0 Å². The standard InChI is InChI=1S/C14H21NO6/c1-8-6-10(4-5-18-8)14(17)21-15-20-13(16)9-2-3-11-12(7-9)19-11/h8-12,15H,2-7H2,1H3. The minimum atomic E-state index is -0.410. The average Bonchev–Trinajstić information content (AvgIpc) is 3.25. The van der Waals surface area contributed by atoms with Gasteiger partial charge in [0.05, 0.1) is 30.1 Å². The predicted molar refractivity (Wildman–Crippen MR) is 69.5 cm³/mol. The molecule has 2 aliphatic heterocycles. The van der Waals surface area contributed by atoms with Crippen LogP contribution in [0.1, 0.15) is 39.0 Å². The molecule has 7 nitrogen and oxygen atoms in total. The van der Waals surface area contributed by atoms with Gasteiger partial charge in [0.25, 0.3) is 0 Å². The van der Waals surface area contributed by atoms with Crippen LogP contribution in [0.5, 0.6) is 0 Å². The Labute approximate surface area is 123 Å². The highest BCUT2D eigenvalue weighted by Crippen LogP contribution is 2.39. The highest BCUT2D eigenvalue weighted by molar-refractivity contribution is 5.73. The smallest absolute Gasteiger partial charge is 0.332 e. The third kappa shape index (κ3) is 3.72. The Balaban J connectivity index is 1.35. The zero-order valence-corrected chi connectivity index (χ0v) is 12.1. The summed E-state index contributed by atoms with van der Waals surface area (Å²) in [6.07, 6.45) is 4.19. The molecule has 0 aromatic carbocycles. The molecule has 5 unspecified atom stereocenters. The van der Waals surface area contributed by atoms with Crippen molar-refractivity contribution >= 4 is 11.9 Å². The molecule has 1 saturated carbocycles. The fourth-order valence-corrected chi connectivity index (χ4v) is 3.10. The maximum absolute atomic E-state index is 11.8. The lowest BCUT2D eigenvalue weighted by molar-refractivity contribution is -0.207. The van der Waals surface area contributed by atoms with Crippen molar-refractivity contribution in [2.24, 2.45) is 11.8 Å². The number of nitrogens with one attached hydrogen (secondary N) is 1. The molecular formula is C14H21NO6. The van der Waals surface area contributed by atoms with Crippen LogP contribution in [0.25, 0.3) is 0 Å². The van der Waals surface area contributed by atoms with Crippen molar-refractivity contribution in [3.8, 4) is 0 Å². The van der Waals surface area contributed by atoms with Gasteiger partial charge in [-0.15, -0.1) is 0 Å². The summed E-state index contributed by atoms with van der Waals surface area (Å²) < 4.78 is 10.7. The monoisotopic (exact) mass is 299 g/mol. The molecule has 0 amide bonds. The summed E-state index contributed by atoms with van der Waals surface area (Å²) in [5.41, 5.74) is 2.04.